The first-order chi connectivity index (χ1) is 12.0. The lowest BCUT2D eigenvalue weighted by molar-refractivity contribution is -0.121. The number of hydrogen-bond donors (Lipinski definition) is 2. The Labute approximate surface area is 178 Å². The van der Waals surface area contributed by atoms with Crippen LogP contribution >= 0.6 is 35.6 Å². The summed E-state index contributed by atoms with van der Waals surface area (Å²) >= 11 is 5.93. The van der Waals surface area contributed by atoms with E-state index in [4.69, 9.17) is 17.3 Å². The lowest BCUT2D eigenvalue weighted by Gasteiger charge is -2.36. The number of amides is 1. The van der Waals surface area contributed by atoms with Crippen molar-refractivity contribution in [3.8, 4) is 0 Å². The lowest BCUT2D eigenvalue weighted by atomic mass is 10.2. The first-order valence-electron chi connectivity index (χ1n) is 8.84. The third kappa shape index (κ3) is 7.19. The Morgan fingerprint density at radius 1 is 1.27 bits per heavy atom. The predicted octanol–water partition coefficient (Wildman–Crippen LogP) is 2.70. The van der Waals surface area contributed by atoms with Gasteiger partial charge in [-0.05, 0) is 37.6 Å². The minimum Gasteiger partial charge on any atom is -0.370 e. The number of aliphatic imine (C=N–C) groups is 1. The van der Waals surface area contributed by atoms with Gasteiger partial charge in [0.1, 0.15) is 0 Å². The molecule has 1 aliphatic heterocycles. The molecule has 1 fully saturated rings. The standard InChI is InChI=1S/C18H28ClN5O.HI/c1-3-14(2)22-17(25)8-9-21-18(20)24-12-10-23(11-13-24)16-6-4-15(19)5-7-16;/h4-7,14H,3,8-13H2,1-2H3,(H2,20,21)(H,22,25);1H. The average Bonchev–Trinajstić information content (AvgIpc) is 2.62. The summed E-state index contributed by atoms with van der Waals surface area (Å²) in [7, 11) is 0. The van der Waals surface area contributed by atoms with Gasteiger partial charge in [-0.25, -0.2) is 0 Å². The lowest BCUT2D eigenvalue weighted by Crippen LogP contribution is -2.51. The Bertz CT molecular complexity index is 588. The molecule has 8 heteroatoms. The molecule has 1 unspecified atom stereocenters. The molecule has 1 amide bonds. The van der Waals surface area contributed by atoms with Crippen molar-refractivity contribution in [1.82, 2.24) is 10.2 Å². The van der Waals surface area contributed by atoms with Crippen molar-refractivity contribution < 1.29 is 4.79 Å². The summed E-state index contributed by atoms with van der Waals surface area (Å²) in [6.07, 6.45) is 1.30. The average molecular weight is 494 g/mol. The van der Waals surface area contributed by atoms with Crippen LogP contribution < -0.4 is 16.0 Å². The third-order valence-corrected chi connectivity index (χ3v) is 4.68. The normalized spacial score (nSPS) is 16.0. The number of benzene rings is 1. The number of halogens is 2. The van der Waals surface area contributed by atoms with Gasteiger partial charge in [0.2, 0.25) is 5.91 Å². The van der Waals surface area contributed by atoms with Crippen molar-refractivity contribution in [3.05, 3.63) is 29.3 Å². The summed E-state index contributed by atoms with van der Waals surface area (Å²) in [4.78, 5) is 20.5. The number of guanidine groups is 1. The highest BCUT2D eigenvalue weighted by Crippen LogP contribution is 2.19. The molecule has 3 N–H and O–H groups in total. The van der Waals surface area contributed by atoms with Crippen molar-refractivity contribution in [3.63, 3.8) is 0 Å². The molecule has 6 nitrogen and oxygen atoms in total. The maximum atomic E-state index is 11.7. The minimum atomic E-state index is 0. The van der Waals surface area contributed by atoms with Crippen LogP contribution in [0.5, 0.6) is 0 Å². The van der Waals surface area contributed by atoms with Gasteiger partial charge >= 0.3 is 0 Å². The Hall–Kier alpha value is -1.22. The predicted molar refractivity (Wildman–Crippen MR) is 120 cm³/mol. The Morgan fingerprint density at radius 3 is 2.46 bits per heavy atom. The maximum Gasteiger partial charge on any atom is 0.222 e. The number of nitrogens with zero attached hydrogens (tertiary/aromatic N) is 3. The molecule has 0 aromatic heterocycles. The first kappa shape index (κ1) is 22.8. The molecule has 26 heavy (non-hydrogen) atoms. The smallest absolute Gasteiger partial charge is 0.222 e. The Kier molecular flexibility index (Phi) is 10.1. The molecule has 0 bridgehead atoms. The summed E-state index contributed by atoms with van der Waals surface area (Å²) in [5, 5.41) is 3.68. The highest BCUT2D eigenvalue weighted by Gasteiger charge is 2.18. The van der Waals surface area contributed by atoms with Crippen molar-refractivity contribution in [2.24, 2.45) is 10.7 Å². The zero-order valence-corrected chi connectivity index (χ0v) is 18.5. The number of nitrogens with two attached hydrogens (primary N) is 1. The molecule has 1 heterocycles. The van der Waals surface area contributed by atoms with Crippen LogP contribution in [0.4, 0.5) is 5.69 Å². The quantitative estimate of drug-likeness (QED) is 0.363. The molecule has 0 radical (unpaired) electrons. The second-order valence-electron chi connectivity index (χ2n) is 6.32. The van der Waals surface area contributed by atoms with Crippen LogP contribution in [0.3, 0.4) is 0 Å². The zero-order chi connectivity index (χ0) is 18.2. The SMILES string of the molecule is CCC(C)NC(=O)CCN=C(N)N1CCN(c2ccc(Cl)cc2)CC1.I. The van der Waals surface area contributed by atoms with E-state index in [1.165, 1.54) is 5.69 Å². The van der Waals surface area contributed by atoms with E-state index in [0.29, 0.717) is 18.9 Å². The van der Waals surface area contributed by atoms with Gasteiger partial charge in [0.05, 0.1) is 6.54 Å². The summed E-state index contributed by atoms with van der Waals surface area (Å²) < 4.78 is 0. The van der Waals surface area contributed by atoms with Crippen molar-refractivity contribution in [2.45, 2.75) is 32.7 Å². The molecule has 0 saturated carbocycles. The van der Waals surface area contributed by atoms with Gasteiger partial charge < -0.3 is 20.9 Å². The van der Waals surface area contributed by atoms with E-state index in [-0.39, 0.29) is 35.9 Å². The van der Waals surface area contributed by atoms with Gasteiger partial charge in [0.25, 0.3) is 0 Å². The van der Waals surface area contributed by atoms with Gasteiger partial charge in [0.15, 0.2) is 5.96 Å². The van der Waals surface area contributed by atoms with Crippen LogP contribution in [0, 0.1) is 0 Å². The van der Waals surface area contributed by atoms with Crippen LogP contribution in [-0.2, 0) is 4.79 Å². The fourth-order valence-corrected chi connectivity index (χ4v) is 2.79. The third-order valence-electron chi connectivity index (χ3n) is 4.43. The fourth-order valence-electron chi connectivity index (χ4n) is 2.67. The number of anilines is 1. The van der Waals surface area contributed by atoms with Crippen LogP contribution in [0.15, 0.2) is 29.3 Å². The molecular weight excluding hydrogens is 465 g/mol. The van der Waals surface area contributed by atoms with E-state index in [9.17, 15) is 4.79 Å². The number of carbonyl (C=O) groups excluding carboxylic acids is 1. The highest BCUT2D eigenvalue weighted by atomic mass is 127. The van der Waals surface area contributed by atoms with Gasteiger partial charge in [-0.3, -0.25) is 9.79 Å². The van der Waals surface area contributed by atoms with E-state index < -0.39 is 0 Å². The van der Waals surface area contributed by atoms with Gasteiger partial charge in [0, 0.05) is 49.4 Å². The van der Waals surface area contributed by atoms with Crippen molar-refractivity contribution in [2.75, 3.05) is 37.6 Å². The van der Waals surface area contributed by atoms with Gasteiger partial charge in [-0.2, -0.15) is 0 Å². The van der Waals surface area contributed by atoms with Crippen molar-refractivity contribution in [1.29, 1.82) is 0 Å². The van der Waals surface area contributed by atoms with Crippen molar-refractivity contribution >= 4 is 53.1 Å². The Balaban J connectivity index is 0.00000338. The molecule has 1 aliphatic rings. The van der Waals surface area contributed by atoms with E-state index in [0.717, 1.165) is 37.6 Å². The number of piperazine rings is 1. The second-order valence-corrected chi connectivity index (χ2v) is 6.75. The zero-order valence-electron chi connectivity index (χ0n) is 15.4. The van der Waals surface area contributed by atoms with Crippen LogP contribution in [-0.4, -0.2) is 55.5 Å². The minimum absolute atomic E-state index is 0. The van der Waals surface area contributed by atoms with Crippen LogP contribution in [0.1, 0.15) is 26.7 Å². The molecule has 1 saturated heterocycles. The fraction of sp³-hybridized carbons (Fsp3) is 0.556. The summed E-state index contributed by atoms with van der Waals surface area (Å²) in [6.45, 7) is 7.86. The molecule has 146 valence electrons. The van der Waals surface area contributed by atoms with Crippen LogP contribution in [0.25, 0.3) is 0 Å². The number of rotatable bonds is 6. The number of nitrogens with one attached hydrogen (secondary N) is 1. The second kappa shape index (κ2) is 11.5. The first-order valence-corrected chi connectivity index (χ1v) is 9.22. The van der Waals surface area contributed by atoms with E-state index in [1.807, 2.05) is 38.1 Å². The van der Waals surface area contributed by atoms with Crippen LogP contribution in [0.2, 0.25) is 5.02 Å². The number of hydrogen-bond acceptors (Lipinski definition) is 3. The molecule has 0 spiro atoms. The summed E-state index contributed by atoms with van der Waals surface area (Å²) in [6, 6.07) is 8.08. The molecule has 1 aromatic rings. The molecular formula is C18H29ClIN5O. The highest BCUT2D eigenvalue weighted by molar-refractivity contribution is 14.0. The van der Waals surface area contributed by atoms with E-state index in [2.05, 4.69) is 20.1 Å². The summed E-state index contributed by atoms with van der Waals surface area (Å²) in [5.41, 5.74) is 7.24. The molecule has 1 atom stereocenters. The largest absolute Gasteiger partial charge is 0.370 e. The topological polar surface area (TPSA) is 74.0 Å². The van der Waals surface area contributed by atoms with Gasteiger partial charge in [-0.1, -0.05) is 18.5 Å². The monoisotopic (exact) mass is 493 g/mol. The van der Waals surface area contributed by atoms with E-state index in [1.54, 1.807) is 0 Å². The molecule has 2 rings (SSSR count). The maximum absolute atomic E-state index is 11.7. The van der Waals surface area contributed by atoms with Gasteiger partial charge in [-0.15, -0.1) is 24.0 Å². The Morgan fingerprint density at radius 2 is 1.88 bits per heavy atom. The molecule has 1 aromatic carbocycles. The number of carbonyl (C=O) groups is 1. The molecule has 0 aliphatic carbocycles. The summed E-state index contributed by atoms with van der Waals surface area (Å²) in [5.74, 6) is 0.547. The van der Waals surface area contributed by atoms with E-state index >= 15 is 0 Å².